The van der Waals surface area contributed by atoms with Crippen molar-refractivity contribution in [2.75, 3.05) is 4.90 Å². The number of carbonyl (C=O) groups excluding carboxylic acids is 1. The highest BCUT2D eigenvalue weighted by atomic mass is 16.3. The standard InChI is InChI=1S/C21H23NO3/c1-3-4-13-9-17(23)21(18(24)10-13)20-12(2)5-8-16-15(20)11-19(25)22(16)14-6-7-14/h5,8-10,14,23-24H,3-4,6-7,11H2,1-2H3. The lowest BCUT2D eigenvalue weighted by Crippen LogP contribution is -2.28. The largest absolute Gasteiger partial charge is 0.507 e. The minimum atomic E-state index is 0.0808. The molecule has 4 nitrogen and oxygen atoms in total. The number of anilines is 1. The summed E-state index contributed by atoms with van der Waals surface area (Å²) in [6.45, 7) is 4.02. The van der Waals surface area contributed by atoms with E-state index in [0.29, 0.717) is 18.0 Å². The van der Waals surface area contributed by atoms with Gasteiger partial charge >= 0.3 is 0 Å². The third-order valence-electron chi connectivity index (χ3n) is 5.21. The van der Waals surface area contributed by atoms with Gasteiger partial charge in [-0.25, -0.2) is 0 Å². The Kier molecular flexibility index (Phi) is 3.71. The van der Waals surface area contributed by atoms with Crippen molar-refractivity contribution in [2.24, 2.45) is 0 Å². The first-order chi connectivity index (χ1) is 12.0. The van der Waals surface area contributed by atoms with Gasteiger partial charge in [0.15, 0.2) is 0 Å². The number of benzene rings is 2. The van der Waals surface area contributed by atoms with Gasteiger partial charge in [-0.2, -0.15) is 0 Å². The second-order valence-electron chi connectivity index (χ2n) is 7.19. The number of phenolic OH excluding ortho intramolecular Hbond substituents is 2. The van der Waals surface area contributed by atoms with Crippen LogP contribution in [-0.2, 0) is 17.6 Å². The van der Waals surface area contributed by atoms with Crippen LogP contribution in [0.4, 0.5) is 5.69 Å². The van der Waals surface area contributed by atoms with Crippen LogP contribution in [0, 0.1) is 6.92 Å². The average molecular weight is 337 g/mol. The molecule has 0 aromatic heterocycles. The Morgan fingerprint density at radius 3 is 2.40 bits per heavy atom. The van der Waals surface area contributed by atoms with Crippen LogP contribution in [0.2, 0.25) is 0 Å². The van der Waals surface area contributed by atoms with Crippen LogP contribution < -0.4 is 4.90 Å². The van der Waals surface area contributed by atoms with Crippen molar-refractivity contribution in [3.05, 3.63) is 41.0 Å². The van der Waals surface area contributed by atoms with E-state index in [9.17, 15) is 15.0 Å². The van der Waals surface area contributed by atoms with Crippen LogP contribution in [0.1, 0.15) is 42.9 Å². The fourth-order valence-corrected chi connectivity index (χ4v) is 3.97. The molecular formula is C21H23NO3. The number of amides is 1. The van der Waals surface area contributed by atoms with Crippen LogP contribution in [0.25, 0.3) is 11.1 Å². The molecule has 1 aliphatic carbocycles. The van der Waals surface area contributed by atoms with E-state index in [2.05, 4.69) is 6.92 Å². The van der Waals surface area contributed by atoms with E-state index in [0.717, 1.165) is 53.6 Å². The molecule has 2 aromatic rings. The Labute approximate surface area is 147 Å². The molecule has 0 atom stereocenters. The fourth-order valence-electron chi connectivity index (χ4n) is 3.97. The molecule has 1 aliphatic heterocycles. The molecule has 4 rings (SSSR count). The maximum atomic E-state index is 12.5. The molecule has 0 spiro atoms. The Balaban J connectivity index is 1.89. The molecule has 0 unspecified atom stereocenters. The van der Waals surface area contributed by atoms with Gasteiger partial charge in [-0.15, -0.1) is 0 Å². The van der Waals surface area contributed by atoms with E-state index >= 15 is 0 Å². The summed E-state index contributed by atoms with van der Waals surface area (Å²) in [5.74, 6) is 0.278. The number of fused-ring (bicyclic) bond motifs is 1. The summed E-state index contributed by atoms with van der Waals surface area (Å²) in [6.07, 6.45) is 4.19. The summed E-state index contributed by atoms with van der Waals surface area (Å²) >= 11 is 0. The van der Waals surface area contributed by atoms with Crippen LogP contribution >= 0.6 is 0 Å². The summed E-state index contributed by atoms with van der Waals surface area (Å²) < 4.78 is 0. The molecular weight excluding hydrogens is 314 g/mol. The predicted molar refractivity (Wildman–Crippen MR) is 98.2 cm³/mol. The SMILES string of the molecule is CCCc1cc(O)c(-c2c(C)ccc3c2CC(=O)N3C2CC2)c(O)c1. The van der Waals surface area contributed by atoms with Crippen molar-refractivity contribution in [2.45, 2.75) is 52.0 Å². The molecule has 1 fully saturated rings. The normalized spacial score (nSPS) is 16.4. The quantitative estimate of drug-likeness (QED) is 0.884. The predicted octanol–water partition coefficient (Wildman–Crippen LogP) is 4.08. The minimum absolute atomic E-state index is 0.0808. The van der Waals surface area contributed by atoms with E-state index < -0.39 is 0 Å². The molecule has 0 bridgehead atoms. The van der Waals surface area contributed by atoms with Crippen LogP contribution in [0.5, 0.6) is 11.5 Å². The average Bonchev–Trinajstić information content (AvgIpc) is 3.32. The molecule has 4 heteroatoms. The van der Waals surface area contributed by atoms with E-state index in [-0.39, 0.29) is 17.4 Å². The third kappa shape index (κ3) is 2.56. The monoisotopic (exact) mass is 337 g/mol. The number of hydrogen-bond donors (Lipinski definition) is 2. The van der Waals surface area contributed by atoms with Crippen LogP contribution in [0.15, 0.2) is 24.3 Å². The van der Waals surface area contributed by atoms with Crippen molar-refractivity contribution in [3.8, 4) is 22.6 Å². The lowest BCUT2D eigenvalue weighted by atomic mass is 9.91. The third-order valence-corrected chi connectivity index (χ3v) is 5.21. The van der Waals surface area contributed by atoms with Gasteiger partial charge < -0.3 is 15.1 Å². The van der Waals surface area contributed by atoms with Crippen molar-refractivity contribution < 1.29 is 15.0 Å². The minimum Gasteiger partial charge on any atom is -0.507 e. The summed E-state index contributed by atoms with van der Waals surface area (Å²) in [6, 6.07) is 7.75. The zero-order chi connectivity index (χ0) is 17.7. The molecule has 1 saturated carbocycles. The topological polar surface area (TPSA) is 60.8 Å². The van der Waals surface area contributed by atoms with Gasteiger partial charge in [0, 0.05) is 11.7 Å². The van der Waals surface area contributed by atoms with Crippen molar-refractivity contribution in [1.29, 1.82) is 0 Å². The summed E-state index contributed by atoms with van der Waals surface area (Å²) in [5, 5.41) is 21.2. The van der Waals surface area contributed by atoms with E-state index in [1.165, 1.54) is 0 Å². The maximum absolute atomic E-state index is 12.5. The first-order valence-corrected chi connectivity index (χ1v) is 9.01. The first-order valence-electron chi connectivity index (χ1n) is 9.01. The molecule has 1 amide bonds. The number of phenols is 2. The lowest BCUT2D eigenvalue weighted by Gasteiger charge is -2.19. The fraction of sp³-hybridized carbons (Fsp3) is 0.381. The zero-order valence-electron chi connectivity index (χ0n) is 14.7. The van der Waals surface area contributed by atoms with Crippen molar-refractivity contribution >= 4 is 11.6 Å². The number of aromatic hydroxyl groups is 2. The highest BCUT2D eigenvalue weighted by molar-refractivity contribution is 6.05. The van der Waals surface area contributed by atoms with E-state index in [1.54, 1.807) is 12.1 Å². The molecule has 2 aliphatic rings. The van der Waals surface area contributed by atoms with Gasteiger partial charge in [0.25, 0.3) is 0 Å². The highest BCUT2D eigenvalue weighted by Gasteiger charge is 2.40. The number of carbonyl (C=O) groups is 1. The van der Waals surface area contributed by atoms with Gasteiger partial charge in [-0.05, 0) is 66.6 Å². The number of hydrogen-bond acceptors (Lipinski definition) is 3. The van der Waals surface area contributed by atoms with E-state index in [1.807, 2.05) is 24.0 Å². The van der Waals surface area contributed by atoms with Gasteiger partial charge in [0.05, 0.1) is 12.0 Å². The zero-order valence-corrected chi connectivity index (χ0v) is 14.7. The van der Waals surface area contributed by atoms with Crippen molar-refractivity contribution in [1.82, 2.24) is 0 Å². The summed E-state index contributed by atoms with van der Waals surface area (Å²) in [5.41, 5.74) is 4.97. The second kappa shape index (κ2) is 5.80. The summed E-state index contributed by atoms with van der Waals surface area (Å²) in [7, 11) is 0. The lowest BCUT2D eigenvalue weighted by molar-refractivity contribution is -0.117. The van der Waals surface area contributed by atoms with E-state index in [4.69, 9.17) is 0 Å². The maximum Gasteiger partial charge on any atom is 0.231 e. The Morgan fingerprint density at radius 1 is 1.12 bits per heavy atom. The summed E-state index contributed by atoms with van der Waals surface area (Å²) in [4.78, 5) is 14.4. The molecule has 0 saturated heterocycles. The molecule has 0 radical (unpaired) electrons. The molecule has 1 heterocycles. The second-order valence-corrected chi connectivity index (χ2v) is 7.19. The number of rotatable bonds is 4. The number of aryl methyl sites for hydroxylation is 2. The van der Waals surface area contributed by atoms with Crippen molar-refractivity contribution in [3.63, 3.8) is 0 Å². The highest BCUT2D eigenvalue weighted by Crippen LogP contribution is 2.48. The number of nitrogens with zero attached hydrogens (tertiary/aromatic N) is 1. The van der Waals surface area contributed by atoms with Gasteiger partial charge in [0.1, 0.15) is 11.5 Å². The van der Waals surface area contributed by atoms with Gasteiger partial charge in [-0.3, -0.25) is 4.79 Å². The van der Waals surface area contributed by atoms with Crippen LogP contribution in [0.3, 0.4) is 0 Å². The molecule has 2 N–H and O–H groups in total. The van der Waals surface area contributed by atoms with Crippen LogP contribution in [-0.4, -0.2) is 22.2 Å². The first kappa shape index (κ1) is 16.0. The Morgan fingerprint density at radius 2 is 1.80 bits per heavy atom. The molecule has 25 heavy (non-hydrogen) atoms. The Hall–Kier alpha value is -2.49. The molecule has 130 valence electrons. The van der Waals surface area contributed by atoms with Gasteiger partial charge in [0.2, 0.25) is 5.91 Å². The Bertz CT molecular complexity index is 845. The van der Waals surface area contributed by atoms with Gasteiger partial charge in [-0.1, -0.05) is 19.4 Å². The smallest absolute Gasteiger partial charge is 0.231 e. The molecule has 2 aromatic carbocycles.